The molecule has 3 aromatic rings. The van der Waals surface area contributed by atoms with Crippen molar-refractivity contribution in [2.24, 2.45) is 0 Å². The molecule has 1 heterocycles. The lowest BCUT2D eigenvalue weighted by atomic mass is 9.91. The Kier molecular flexibility index (Phi) is 6.03. The lowest BCUT2D eigenvalue weighted by Gasteiger charge is -2.18. The van der Waals surface area contributed by atoms with Crippen LogP contribution in [0.1, 0.15) is 28.2 Å². The van der Waals surface area contributed by atoms with Crippen molar-refractivity contribution in [1.29, 1.82) is 0 Å². The smallest absolute Gasteiger partial charge is 0.228 e. The van der Waals surface area contributed by atoms with Gasteiger partial charge in [0.25, 0.3) is 0 Å². The van der Waals surface area contributed by atoms with E-state index in [2.05, 4.69) is 10.3 Å². The zero-order valence-corrected chi connectivity index (χ0v) is 15.4. The van der Waals surface area contributed by atoms with Gasteiger partial charge in [0.05, 0.1) is 5.92 Å². The van der Waals surface area contributed by atoms with Crippen LogP contribution in [0.25, 0.3) is 0 Å². The van der Waals surface area contributed by atoms with Crippen LogP contribution >= 0.6 is 11.6 Å². The number of benzene rings is 2. The van der Waals surface area contributed by atoms with Crippen LogP contribution in [0.5, 0.6) is 0 Å². The third kappa shape index (κ3) is 4.70. The van der Waals surface area contributed by atoms with Crippen molar-refractivity contribution in [2.75, 3.05) is 0 Å². The minimum atomic E-state index is -0.291. The number of rotatable bonds is 6. The van der Waals surface area contributed by atoms with Crippen LogP contribution in [-0.2, 0) is 17.8 Å². The Labute approximate surface area is 159 Å². The van der Waals surface area contributed by atoms with Gasteiger partial charge in [0.1, 0.15) is 0 Å². The number of hydrogen-bond acceptors (Lipinski definition) is 2. The molecule has 0 aliphatic rings. The first-order valence-corrected chi connectivity index (χ1v) is 8.98. The van der Waals surface area contributed by atoms with Crippen LogP contribution in [0.3, 0.4) is 0 Å². The summed E-state index contributed by atoms with van der Waals surface area (Å²) in [5, 5.41) is 3.74. The van der Waals surface area contributed by atoms with E-state index in [1.54, 1.807) is 12.4 Å². The summed E-state index contributed by atoms with van der Waals surface area (Å²) in [6.45, 7) is 2.57. The maximum atomic E-state index is 13.0. The van der Waals surface area contributed by atoms with Crippen molar-refractivity contribution < 1.29 is 4.79 Å². The van der Waals surface area contributed by atoms with E-state index in [0.29, 0.717) is 18.0 Å². The second kappa shape index (κ2) is 8.63. The Morgan fingerprint density at radius 2 is 1.85 bits per heavy atom. The van der Waals surface area contributed by atoms with Gasteiger partial charge in [-0.1, -0.05) is 54.1 Å². The zero-order valence-electron chi connectivity index (χ0n) is 14.7. The van der Waals surface area contributed by atoms with Crippen LogP contribution in [0.2, 0.25) is 5.02 Å². The van der Waals surface area contributed by atoms with Gasteiger partial charge in [-0.15, -0.1) is 0 Å². The van der Waals surface area contributed by atoms with Crippen molar-refractivity contribution in [3.8, 4) is 0 Å². The van der Waals surface area contributed by atoms with Gasteiger partial charge >= 0.3 is 0 Å². The first kappa shape index (κ1) is 18.2. The molecule has 2 aromatic carbocycles. The average molecular weight is 365 g/mol. The highest BCUT2D eigenvalue weighted by molar-refractivity contribution is 6.30. The molecule has 3 nitrogen and oxygen atoms in total. The summed E-state index contributed by atoms with van der Waals surface area (Å²) in [6.07, 6.45) is 4.13. The summed E-state index contributed by atoms with van der Waals surface area (Å²) in [4.78, 5) is 17.1. The van der Waals surface area contributed by atoms with Crippen LogP contribution in [0.4, 0.5) is 0 Å². The Bertz CT molecular complexity index is 863. The second-order valence-corrected chi connectivity index (χ2v) is 6.75. The van der Waals surface area contributed by atoms with E-state index in [-0.39, 0.29) is 11.8 Å². The number of amides is 1. The van der Waals surface area contributed by atoms with E-state index in [9.17, 15) is 4.79 Å². The Hall–Kier alpha value is -2.65. The summed E-state index contributed by atoms with van der Waals surface area (Å²) >= 11 is 6.00. The molecule has 4 heteroatoms. The van der Waals surface area contributed by atoms with Crippen molar-refractivity contribution in [2.45, 2.75) is 25.8 Å². The van der Waals surface area contributed by atoms with Crippen molar-refractivity contribution in [1.82, 2.24) is 10.3 Å². The molecule has 1 unspecified atom stereocenters. The number of hydrogen-bond donors (Lipinski definition) is 1. The SMILES string of the molecule is Cc1ccccc1CNC(=O)C(Cc1cccnc1)c1ccc(Cl)cc1. The summed E-state index contributed by atoms with van der Waals surface area (Å²) in [5.41, 5.74) is 4.26. The summed E-state index contributed by atoms with van der Waals surface area (Å²) < 4.78 is 0. The molecular formula is C22H21ClN2O. The van der Waals surface area contributed by atoms with Gasteiger partial charge in [-0.05, 0) is 53.8 Å². The first-order chi connectivity index (χ1) is 12.6. The minimum absolute atomic E-state index is 0.000529. The molecule has 1 aromatic heterocycles. The highest BCUT2D eigenvalue weighted by Crippen LogP contribution is 2.23. The largest absolute Gasteiger partial charge is 0.351 e. The third-order valence-electron chi connectivity index (χ3n) is 4.47. The van der Waals surface area contributed by atoms with Gasteiger partial charge in [-0.25, -0.2) is 0 Å². The van der Waals surface area contributed by atoms with E-state index in [4.69, 9.17) is 11.6 Å². The van der Waals surface area contributed by atoms with Gasteiger partial charge in [-0.3, -0.25) is 9.78 Å². The van der Waals surface area contributed by atoms with E-state index < -0.39 is 0 Å². The van der Waals surface area contributed by atoms with Crippen molar-refractivity contribution >= 4 is 17.5 Å². The molecule has 0 bridgehead atoms. The van der Waals surface area contributed by atoms with Gasteiger partial charge < -0.3 is 5.32 Å². The van der Waals surface area contributed by atoms with E-state index >= 15 is 0 Å². The number of nitrogens with one attached hydrogen (secondary N) is 1. The average Bonchev–Trinajstić information content (AvgIpc) is 2.67. The fraction of sp³-hybridized carbons (Fsp3) is 0.182. The molecule has 0 saturated carbocycles. The van der Waals surface area contributed by atoms with Gasteiger partial charge in [-0.2, -0.15) is 0 Å². The molecule has 1 atom stereocenters. The standard InChI is InChI=1S/C22H21ClN2O/c1-16-5-2-3-7-19(16)15-25-22(26)21(13-17-6-4-12-24-14-17)18-8-10-20(23)11-9-18/h2-12,14,21H,13,15H2,1H3,(H,25,26). The van der Waals surface area contributed by atoms with Gasteiger partial charge in [0.15, 0.2) is 0 Å². The lowest BCUT2D eigenvalue weighted by Crippen LogP contribution is -2.30. The normalized spacial score (nSPS) is 11.8. The monoisotopic (exact) mass is 364 g/mol. The molecular weight excluding hydrogens is 344 g/mol. The fourth-order valence-corrected chi connectivity index (χ4v) is 3.05. The Morgan fingerprint density at radius 3 is 2.54 bits per heavy atom. The van der Waals surface area contributed by atoms with Crippen LogP contribution in [0.15, 0.2) is 73.1 Å². The maximum Gasteiger partial charge on any atom is 0.228 e. The predicted molar refractivity (Wildman–Crippen MR) is 105 cm³/mol. The van der Waals surface area contributed by atoms with E-state index in [1.807, 2.05) is 67.6 Å². The van der Waals surface area contributed by atoms with Gasteiger partial charge in [0.2, 0.25) is 5.91 Å². The molecule has 0 fully saturated rings. The number of aromatic nitrogens is 1. The van der Waals surface area contributed by atoms with Crippen LogP contribution in [-0.4, -0.2) is 10.9 Å². The molecule has 0 saturated heterocycles. The van der Waals surface area contributed by atoms with Crippen LogP contribution < -0.4 is 5.32 Å². The predicted octanol–water partition coefficient (Wildman–Crippen LogP) is 4.69. The molecule has 26 heavy (non-hydrogen) atoms. The van der Waals surface area contributed by atoms with Crippen molar-refractivity contribution in [3.63, 3.8) is 0 Å². The number of carbonyl (C=O) groups is 1. The third-order valence-corrected chi connectivity index (χ3v) is 4.72. The molecule has 0 aliphatic heterocycles. The molecule has 0 aliphatic carbocycles. The van der Waals surface area contributed by atoms with Crippen molar-refractivity contribution in [3.05, 3.63) is 100 Å². The maximum absolute atomic E-state index is 13.0. The molecule has 0 spiro atoms. The zero-order chi connectivity index (χ0) is 18.4. The second-order valence-electron chi connectivity index (χ2n) is 6.31. The number of nitrogens with zero attached hydrogens (tertiary/aromatic N) is 1. The Morgan fingerprint density at radius 1 is 1.08 bits per heavy atom. The highest BCUT2D eigenvalue weighted by atomic mass is 35.5. The fourth-order valence-electron chi connectivity index (χ4n) is 2.93. The topological polar surface area (TPSA) is 42.0 Å². The first-order valence-electron chi connectivity index (χ1n) is 8.60. The van der Waals surface area contributed by atoms with E-state index in [1.165, 1.54) is 5.56 Å². The minimum Gasteiger partial charge on any atom is -0.351 e. The number of aryl methyl sites for hydroxylation is 1. The van der Waals surface area contributed by atoms with Gasteiger partial charge in [0, 0.05) is 24.0 Å². The lowest BCUT2D eigenvalue weighted by molar-refractivity contribution is -0.122. The molecule has 1 amide bonds. The van der Waals surface area contributed by atoms with E-state index in [0.717, 1.165) is 16.7 Å². The molecule has 3 rings (SSSR count). The Balaban J connectivity index is 1.78. The van der Waals surface area contributed by atoms with Crippen LogP contribution in [0, 0.1) is 6.92 Å². The highest BCUT2D eigenvalue weighted by Gasteiger charge is 2.21. The summed E-state index contributed by atoms with van der Waals surface area (Å²) in [7, 11) is 0. The molecule has 132 valence electrons. The number of pyridine rings is 1. The quantitative estimate of drug-likeness (QED) is 0.689. The summed E-state index contributed by atoms with van der Waals surface area (Å²) in [6, 6.07) is 19.4. The molecule has 0 radical (unpaired) electrons. The number of halogens is 1. The molecule has 1 N–H and O–H groups in total. The number of carbonyl (C=O) groups excluding carboxylic acids is 1. The summed E-state index contributed by atoms with van der Waals surface area (Å²) in [5.74, 6) is -0.292.